The number of rotatable bonds is 13. The zero-order valence-electron chi connectivity index (χ0n) is 23.8. The normalized spacial score (nSPS) is 12.3. The first-order valence-corrected chi connectivity index (χ1v) is 13.7. The second kappa shape index (κ2) is 13.9. The number of hydrogen-bond acceptors (Lipinski definition) is 4. The predicted octanol–water partition coefficient (Wildman–Crippen LogP) is 6.55. The van der Waals surface area contributed by atoms with Crippen LogP contribution in [0.4, 0.5) is 5.69 Å². The van der Waals surface area contributed by atoms with Crippen LogP contribution in [0.2, 0.25) is 0 Å². The number of ether oxygens (including phenoxy) is 1. The van der Waals surface area contributed by atoms with Gasteiger partial charge >= 0.3 is 5.97 Å². The molecule has 0 radical (unpaired) electrons. The molecule has 0 aliphatic carbocycles. The van der Waals surface area contributed by atoms with Crippen molar-refractivity contribution in [3.63, 3.8) is 0 Å². The minimum Gasteiger partial charge on any atom is -0.481 e. The molecule has 3 aromatic rings. The SMILES string of the molecule is CC(C)COCC(Cc1ccc(-c2ccc(C(C)(C)C)cc2)cc1)Nc1ccc(C(=O)NCCC(=O)O)cc1. The van der Waals surface area contributed by atoms with Crippen LogP contribution in [0.25, 0.3) is 11.1 Å². The third-order valence-corrected chi connectivity index (χ3v) is 6.43. The third-order valence-electron chi connectivity index (χ3n) is 6.43. The lowest BCUT2D eigenvalue weighted by atomic mass is 9.86. The van der Waals surface area contributed by atoms with E-state index >= 15 is 0 Å². The lowest BCUT2D eigenvalue weighted by molar-refractivity contribution is -0.136. The fourth-order valence-corrected chi connectivity index (χ4v) is 4.22. The molecule has 0 fully saturated rings. The number of aliphatic carboxylic acids is 1. The average molecular weight is 531 g/mol. The first-order chi connectivity index (χ1) is 18.5. The van der Waals surface area contributed by atoms with Crippen LogP contribution in [0.5, 0.6) is 0 Å². The van der Waals surface area contributed by atoms with Crippen LogP contribution in [-0.2, 0) is 21.4 Å². The van der Waals surface area contributed by atoms with E-state index in [0.717, 1.165) is 12.1 Å². The van der Waals surface area contributed by atoms with Gasteiger partial charge in [0.15, 0.2) is 0 Å². The lowest BCUT2D eigenvalue weighted by Crippen LogP contribution is -2.29. The van der Waals surface area contributed by atoms with Gasteiger partial charge in [0.25, 0.3) is 5.91 Å². The zero-order valence-corrected chi connectivity index (χ0v) is 23.8. The van der Waals surface area contributed by atoms with E-state index in [-0.39, 0.29) is 30.3 Å². The highest BCUT2D eigenvalue weighted by Crippen LogP contribution is 2.26. The molecule has 0 saturated heterocycles. The van der Waals surface area contributed by atoms with Gasteiger partial charge in [-0.15, -0.1) is 0 Å². The molecule has 208 valence electrons. The van der Waals surface area contributed by atoms with Crippen LogP contribution >= 0.6 is 0 Å². The maximum atomic E-state index is 12.3. The van der Waals surface area contributed by atoms with Crippen molar-refractivity contribution >= 4 is 17.6 Å². The molecular weight excluding hydrogens is 488 g/mol. The molecule has 1 atom stereocenters. The second-order valence-corrected chi connectivity index (χ2v) is 11.5. The van der Waals surface area contributed by atoms with Crippen molar-refractivity contribution in [2.24, 2.45) is 5.92 Å². The van der Waals surface area contributed by atoms with E-state index in [4.69, 9.17) is 9.84 Å². The molecular formula is C33H42N2O4. The van der Waals surface area contributed by atoms with E-state index in [1.165, 1.54) is 22.3 Å². The minimum atomic E-state index is -0.940. The first kappa shape index (κ1) is 29.9. The number of benzene rings is 3. The molecule has 1 amide bonds. The van der Waals surface area contributed by atoms with E-state index in [1.54, 1.807) is 12.1 Å². The molecule has 1 unspecified atom stereocenters. The van der Waals surface area contributed by atoms with Gasteiger partial charge in [0.05, 0.1) is 19.1 Å². The summed E-state index contributed by atoms with van der Waals surface area (Å²) in [7, 11) is 0. The Morgan fingerprint density at radius 1 is 0.846 bits per heavy atom. The fraction of sp³-hybridized carbons (Fsp3) is 0.394. The van der Waals surface area contributed by atoms with E-state index in [9.17, 15) is 9.59 Å². The summed E-state index contributed by atoms with van der Waals surface area (Å²) in [5, 5.41) is 14.9. The zero-order chi connectivity index (χ0) is 28.4. The highest BCUT2D eigenvalue weighted by molar-refractivity contribution is 5.94. The maximum absolute atomic E-state index is 12.3. The van der Waals surface area contributed by atoms with Crippen molar-refractivity contribution in [1.29, 1.82) is 0 Å². The number of carboxylic acids is 1. The highest BCUT2D eigenvalue weighted by Gasteiger charge is 2.14. The Kier molecular flexibility index (Phi) is 10.7. The predicted molar refractivity (Wildman–Crippen MR) is 158 cm³/mol. The topological polar surface area (TPSA) is 87.7 Å². The third kappa shape index (κ3) is 9.88. The Bertz CT molecular complexity index is 1190. The molecule has 0 heterocycles. The molecule has 0 aliphatic heterocycles. The molecule has 3 rings (SSSR count). The number of anilines is 1. The first-order valence-electron chi connectivity index (χ1n) is 13.7. The monoisotopic (exact) mass is 530 g/mol. The van der Waals surface area contributed by atoms with Gasteiger partial charge in [0, 0.05) is 24.4 Å². The van der Waals surface area contributed by atoms with Crippen molar-refractivity contribution in [1.82, 2.24) is 5.32 Å². The average Bonchev–Trinajstić information content (AvgIpc) is 2.88. The number of amides is 1. The van der Waals surface area contributed by atoms with Gasteiger partial charge < -0.3 is 20.5 Å². The van der Waals surface area contributed by atoms with Gasteiger partial charge in [0.1, 0.15) is 0 Å². The smallest absolute Gasteiger partial charge is 0.305 e. The molecule has 39 heavy (non-hydrogen) atoms. The Morgan fingerprint density at radius 3 is 1.97 bits per heavy atom. The summed E-state index contributed by atoms with van der Waals surface area (Å²) < 4.78 is 5.98. The summed E-state index contributed by atoms with van der Waals surface area (Å²) >= 11 is 0. The van der Waals surface area contributed by atoms with Crippen LogP contribution < -0.4 is 10.6 Å². The molecule has 0 aliphatic rings. The molecule has 6 nitrogen and oxygen atoms in total. The molecule has 0 aromatic heterocycles. The van der Waals surface area contributed by atoms with Crippen molar-refractivity contribution in [3.8, 4) is 11.1 Å². The summed E-state index contributed by atoms with van der Waals surface area (Å²) in [5.74, 6) is -0.772. The quantitative estimate of drug-likeness (QED) is 0.233. The Hall–Kier alpha value is -3.64. The number of hydrogen-bond donors (Lipinski definition) is 3. The minimum absolute atomic E-state index is 0.0518. The van der Waals surface area contributed by atoms with E-state index in [0.29, 0.717) is 24.7 Å². The van der Waals surface area contributed by atoms with Gasteiger partial charge in [0.2, 0.25) is 0 Å². The highest BCUT2D eigenvalue weighted by atomic mass is 16.5. The summed E-state index contributed by atoms with van der Waals surface area (Å²) in [5.41, 5.74) is 6.45. The van der Waals surface area contributed by atoms with E-state index < -0.39 is 5.97 Å². The number of nitrogens with one attached hydrogen (secondary N) is 2. The molecule has 0 spiro atoms. The maximum Gasteiger partial charge on any atom is 0.305 e. The standard InChI is InChI=1S/C33H42N2O4/c1-23(2)21-39-22-30(35-29-16-12-27(13-17-29)32(38)34-19-18-31(36)37)20-24-6-8-25(9-7-24)26-10-14-28(15-11-26)33(3,4)5/h6-17,23,30,35H,18-22H2,1-5H3,(H,34,38)(H,36,37). The second-order valence-electron chi connectivity index (χ2n) is 11.5. The largest absolute Gasteiger partial charge is 0.481 e. The van der Waals surface area contributed by atoms with Crippen molar-refractivity contribution in [2.75, 3.05) is 25.1 Å². The van der Waals surface area contributed by atoms with E-state index in [1.807, 2.05) is 12.1 Å². The molecule has 3 aromatic carbocycles. The van der Waals surface area contributed by atoms with Gasteiger partial charge in [-0.2, -0.15) is 0 Å². The van der Waals surface area contributed by atoms with Crippen LogP contribution in [0.1, 0.15) is 62.5 Å². The number of carbonyl (C=O) groups is 2. The Labute approximate surface area is 232 Å². The van der Waals surface area contributed by atoms with Crippen molar-refractivity contribution < 1.29 is 19.4 Å². The molecule has 3 N–H and O–H groups in total. The lowest BCUT2D eigenvalue weighted by Gasteiger charge is -2.21. The van der Waals surface area contributed by atoms with E-state index in [2.05, 4.69) is 93.8 Å². The van der Waals surface area contributed by atoms with Crippen LogP contribution in [0.15, 0.2) is 72.8 Å². The molecule has 0 bridgehead atoms. The van der Waals surface area contributed by atoms with Crippen molar-refractivity contribution in [2.45, 2.75) is 58.9 Å². The van der Waals surface area contributed by atoms with Gasteiger partial charge in [-0.25, -0.2) is 0 Å². The van der Waals surface area contributed by atoms with Gasteiger partial charge in [-0.05, 0) is 64.3 Å². The summed E-state index contributed by atoms with van der Waals surface area (Å²) in [4.78, 5) is 22.9. The van der Waals surface area contributed by atoms with Crippen LogP contribution in [0.3, 0.4) is 0 Å². The summed E-state index contributed by atoms with van der Waals surface area (Å²) in [6.45, 7) is 12.3. The van der Waals surface area contributed by atoms with Crippen molar-refractivity contribution in [3.05, 3.63) is 89.5 Å². The van der Waals surface area contributed by atoms with Gasteiger partial charge in [-0.3, -0.25) is 9.59 Å². The number of carbonyl (C=O) groups excluding carboxylic acids is 1. The van der Waals surface area contributed by atoms with Gasteiger partial charge in [-0.1, -0.05) is 83.1 Å². The molecule has 0 saturated carbocycles. The number of carboxylic acid groups (broad SMARTS) is 1. The molecule has 6 heteroatoms. The van der Waals surface area contributed by atoms with Crippen LogP contribution in [-0.4, -0.2) is 42.8 Å². The Balaban J connectivity index is 1.65. The summed E-state index contributed by atoms with van der Waals surface area (Å²) in [6, 6.07) is 24.8. The fourth-order valence-electron chi connectivity index (χ4n) is 4.22. The Morgan fingerprint density at radius 2 is 1.44 bits per heavy atom. The van der Waals surface area contributed by atoms with Crippen LogP contribution in [0, 0.1) is 5.92 Å². The summed E-state index contributed by atoms with van der Waals surface area (Å²) in [6.07, 6.45) is 0.687.